The lowest BCUT2D eigenvalue weighted by atomic mass is 9.82. The van der Waals surface area contributed by atoms with E-state index in [4.69, 9.17) is 5.73 Å². The quantitative estimate of drug-likeness (QED) is 0.834. The van der Waals surface area contributed by atoms with Crippen LogP contribution < -0.4 is 5.73 Å². The number of nitrogen functional groups attached to an aromatic ring is 1. The van der Waals surface area contributed by atoms with Gasteiger partial charge in [0, 0.05) is 5.92 Å². The third kappa shape index (κ3) is 2.45. The zero-order valence-corrected chi connectivity index (χ0v) is 9.31. The van der Waals surface area contributed by atoms with E-state index in [1.807, 2.05) is 0 Å². The van der Waals surface area contributed by atoms with Crippen LogP contribution in [-0.4, -0.2) is 16.4 Å². The van der Waals surface area contributed by atoms with Crippen LogP contribution in [0.4, 0.5) is 18.3 Å². The molecule has 0 spiro atoms. The molecule has 1 aromatic heterocycles. The lowest BCUT2D eigenvalue weighted by Gasteiger charge is -2.28. The number of alkyl halides is 3. The van der Waals surface area contributed by atoms with E-state index in [2.05, 4.69) is 10.2 Å². The third-order valence-corrected chi connectivity index (χ3v) is 3.91. The minimum Gasteiger partial charge on any atom is -0.374 e. The van der Waals surface area contributed by atoms with Gasteiger partial charge in [0.05, 0.1) is 5.92 Å². The van der Waals surface area contributed by atoms with Gasteiger partial charge in [0.1, 0.15) is 5.01 Å². The van der Waals surface area contributed by atoms with E-state index in [9.17, 15) is 13.2 Å². The summed E-state index contributed by atoms with van der Waals surface area (Å²) in [5.41, 5.74) is 5.45. The first-order valence-electron chi connectivity index (χ1n) is 5.12. The predicted molar refractivity (Wildman–Crippen MR) is 55.1 cm³/mol. The summed E-state index contributed by atoms with van der Waals surface area (Å²) in [4.78, 5) is 0. The van der Waals surface area contributed by atoms with Crippen molar-refractivity contribution in [2.24, 2.45) is 5.92 Å². The van der Waals surface area contributed by atoms with Gasteiger partial charge in [-0.15, -0.1) is 10.2 Å². The maximum atomic E-state index is 12.4. The van der Waals surface area contributed by atoms with Crippen LogP contribution in [0, 0.1) is 5.92 Å². The van der Waals surface area contributed by atoms with Crippen molar-refractivity contribution in [3.05, 3.63) is 5.01 Å². The number of nitrogens with zero attached hydrogens (tertiary/aromatic N) is 2. The molecule has 0 aromatic carbocycles. The van der Waals surface area contributed by atoms with E-state index >= 15 is 0 Å². The number of aromatic nitrogens is 2. The minimum atomic E-state index is -4.05. The monoisotopic (exact) mass is 251 g/mol. The van der Waals surface area contributed by atoms with Crippen LogP contribution in [-0.2, 0) is 0 Å². The molecule has 16 heavy (non-hydrogen) atoms. The minimum absolute atomic E-state index is 0.105. The Morgan fingerprint density at radius 1 is 1.12 bits per heavy atom. The molecule has 7 heteroatoms. The highest BCUT2D eigenvalue weighted by Gasteiger charge is 2.41. The van der Waals surface area contributed by atoms with Crippen LogP contribution in [0.1, 0.15) is 36.6 Å². The van der Waals surface area contributed by atoms with E-state index < -0.39 is 12.1 Å². The highest BCUT2D eigenvalue weighted by Crippen LogP contribution is 2.43. The third-order valence-electron chi connectivity index (χ3n) is 3.00. The Bertz CT molecular complexity index is 355. The van der Waals surface area contributed by atoms with Crippen LogP contribution >= 0.6 is 11.3 Å². The molecular weight excluding hydrogens is 239 g/mol. The summed E-state index contributed by atoms with van der Waals surface area (Å²) < 4.78 is 37.3. The lowest BCUT2D eigenvalue weighted by Crippen LogP contribution is -2.27. The average molecular weight is 251 g/mol. The second kappa shape index (κ2) is 4.20. The van der Waals surface area contributed by atoms with E-state index in [1.54, 1.807) is 0 Å². The smallest absolute Gasteiger partial charge is 0.374 e. The molecule has 0 atom stereocenters. The highest BCUT2D eigenvalue weighted by molar-refractivity contribution is 7.15. The first-order valence-corrected chi connectivity index (χ1v) is 5.94. The molecule has 0 saturated heterocycles. The van der Waals surface area contributed by atoms with Crippen molar-refractivity contribution in [2.75, 3.05) is 5.73 Å². The van der Waals surface area contributed by atoms with Crippen LogP contribution in [0.25, 0.3) is 0 Å². The molecule has 1 aliphatic rings. The summed E-state index contributed by atoms with van der Waals surface area (Å²) in [6.45, 7) is 0. The Labute approximate surface area is 94.9 Å². The number of rotatable bonds is 1. The number of anilines is 1. The van der Waals surface area contributed by atoms with E-state index in [-0.39, 0.29) is 18.8 Å². The number of nitrogens with two attached hydrogens (primary N) is 1. The predicted octanol–water partition coefficient (Wildman–Crippen LogP) is 2.96. The van der Waals surface area contributed by atoms with E-state index in [0.29, 0.717) is 18.0 Å². The zero-order valence-electron chi connectivity index (χ0n) is 8.50. The summed E-state index contributed by atoms with van der Waals surface area (Å²) in [5, 5.41) is 8.73. The Balaban J connectivity index is 1.95. The number of hydrogen-bond acceptors (Lipinski definition) is 4. The van der Waals surface area contributed by atoms with Crippen LogP contribution in [0.5, 0.6) is 0 Å². The second-order valence-corrected chi connectivity index (χ2v) is 5.11. The first-order chi connectivity index (χ1) is 7.47. The van der Waals surface area contributed by atoms with Gasteiger partial charge in [0.15, 0.2) is 0 Å². The summed E-state index contributed by atoms with van der Waals surface area (Å²) in [6.07, 6.45) is -2.62. The Kier molecular flexibility index (Phi) is 3.05. The molecule has 0 aliphatic heterocycles. The molecular formula is C9H12F3N3S. The van der Waals surface area contributed by atoms with Crippen molar-refractivity contribution in [3.63, 3.8) is 0 Å². The fraction of sp³-hybridized carbons (Fsp3) is 0.778. The summed E-state index contributed by atoms with van der Waals surface area (Å²) in [5.74, 6) is -1.04. The fourth-order valence-electron chi connectivity index (χ4n) is 2.08. The summed E-state index contributed by atoms with van der Waals surface area (Å²) in [6, 6.07) is 0. The zero-order chi connectivity index (χ0) is 11.8. The molecule has 1 aromatic rings. The molecule has 0 radical (unpaired) electrons. The summed E-state index contributed by atoms with van der Waals surface area (Å²) >= 11 is 1.28. The first kappa shape index (κ1) is 11.6. The largest absolute Gasteiger partial charge is 0.391 e. The van der Waals surface area contributed by atoms with Gasteiger partial charge in [-0.2, -0.15) is 13.2 Å². The normalized spacial score (nSPS) is 26.9. The number of hydrogen-bond donors (Lipinski definition) is 1. The van der Waals surface area contributed by atoms with Crippen molar-refractivity contribution in [1.29, 1.82) is 0 Å². The summed E-state index contributed by atoms with van der Waals surface area (Å²) in [7, 11) is 0. The molecule has 0 amide bonds. The molecule has 1 heterocycles. The van der Waals surface area contributed by atoms with Crippen molar-refractivity contribution in [1.82, 2.24) is 10.2 Å². The van der Waals surface area contributed by atoms with Crippen LogP contribution in [0.15, 0.2) is 0 Å². The van der Waals surface area contributed by atoms with Gasteiger partial charge >= 0.3 is 6.18 Å². The second-order valence-electron chi connectivity index (χ2n) is 4.07. The van der Waals surface area contributed by atoms with Crippen molar-refractivity contribution in [2.45, 2.75) is 37.8 Å². The lowest BCUT2D eigenvalue weighted by molar-refractivity contribution is -0.182. The molecule has 1 aliphatic carbocycles. The van der Waals surface area contributed by atoms with Gasteiger partial charge in [-0.1, -0.05) is 11.3 Å². The topological polar surface area (TPSA) is 51.8 Å². The van der Waals surface area contributed by atoms with E-state index in [1.165, 1.54) is 11.3 Å². The molecule has 1 fully saturated rings. The van der Waals surface area contributed by atoms with Crippen molar-refractivity contribution < 1.29 is 13.2 Å². The number of halogens is 3. The highest BCUT2D eigenvalue weighted by atomic mass is 32.1. The molecule has 2 rings (SSSR count). The standard InChI is InChI=1S/C9H12F3N3S/c10-9(11,12)6-3-1-5(2-4-6)7-14-15-8(13)16-7/h5-6H,1-4H2,(H2,13,15). The Hall–Kier alpha value is -0.850. The van der Waals surface area contributed by atoms with Gasteiger partial charge in [0.25, 0.3) is 0 Å². The maximum Gasteiger partial charge on any atom is 0.391 e. The molecule has 3 nitrogen and oxygen atoms in total. The Morgan fingerprint density at radius 2 is 1.75 bits per heavy atom. The van der Waals surface area contributed by atoms with Gasteiger partial charge in [-0.25, -0.2) is 0 Å². The SMILES string of the molecule is Nc1nnc(C2CCC(C(F)(F)F)CC2)s1. The van der Waals surface area contributed by atoms with Gasteiger partial charge < -0.3 is 5.73 Å². The molecule has 0 bridgehead atoms. The fourth-order valence-corrected chi connectivity index (χ4v) is 2.86. The molecule has 90 valence electrons. The van der Waals surface area contributed by atoms with Crippen LogP contribution in [0.2, 0.25) is 0 Å². The van der Waals surface area contributed by atoms with Gasteiger partial charge in [-0.3, -0.25) is 0 Å². The molecule has 0 unspecified atom stereocenters. The average Bonchev–Trinajstić information content (AvgIpc) is 2.64. The maximum absolute atomic E-state index is 12.4. The van der Waals surface area contributed by atoms with Gasteiger partial charge in [0.2, 0.25) is 5.13 Å². The Morgan fingerprint density at radius 3 is 2.19 bits per heavy atom. The molecule has 1 saturated carbocycles. The van der Waals surface area contributed by atoms with Gasteiger partial charge in [-0.05, 0) is 25.7 Å². The molecule has 2 N–H and O–H groups in total. The van der Waals surface area contributed by atoms with Crippen LogP contribution in [0.3, 0.4) is 0 Å². The van der Waals surface area contributed by atoms with Crippen molar-refractivity contribution in [3.8, 4) is 0 Å². The van der Waals surface area contributed by atoms with Crippen molar-refractivity contribution >= 4 is 16.5 Å². The van der Waals surface area contributed by atoms with E-state index in [0.717, 1.165) is 5.01 Å².